The summed E-state index contributed by atoms with van der Waals surface area (Å²) in [6, 6.07) is 14.2. The number of aryl methyl sites for hydroxylation is 1. The quantitative estimate of drug-likeness (QED) is 0.258. The highest BCUT2D eigenvalue weighted by Crippen LogP contribution is 2.35. The Labute approximate surface area is 163 Å². The van der Waals surface area contributed by atoms with Crippen LogP contribution in [0, 0.1) is 0 Å². The molecule has 0 heterocycles. The van der Waals surface area contributed by atoms with Crippen molar-refractivity contribution in [2.45, 2.75) is 71.6 Å². The summed E-state index contributed by atoms with van der Waals surface area (Å²) in [4.78, 5) is 11.2. The number of hydrogen-bond donors (Lipinski definition) is 1. The Hall–Kier alpha value is -2.29. The lowest BCUT2D eigenvalue weighted by atomic mass is 9.90. The van der Waals surface area contributed by atoms with Gasteiger partial charge in [0.1, 0.15) is 5.75 Å². The van der Waals surface area contributed by atoms with Gasteiger partial charge in [-0.2, -0.15) is 0 Å². The molecule has 0 aliphatic heterocycles. The lowest BCUT2D eigenvalue weighted by molar-refractivity contribution is 0.144. The Kier molecular flexibility index (Phi) is 8.90. The normalized spacial score (nSPS) is 10.7. The van der Waals surface area contributed by atoms with Crippen molar-refractivity contribution in [3.63, 3.8) is 0 Å². The molecular weight excluding hydrogens is 336 g/mol. The highest BCUT2D eigenvalue weighted by atomic mass is 16.7. The van der Waals surface area contributed by atoms with Crippen LogP contribution in [-0.4, -0.2) is 11.3 Å². The van der Waals surface area contributed by atoms with E-state index in [4.69, 9.17) is 9.84 Å². The monoisotopic (exact) mass is 368 g/mol. The van der Waals surface area contributed by atoms with Crippen LogP contribution in [-0.2, 0) is 12.8 Å². The number of rotatable bonds is 11. The summed E-state index contributed by atoms with van der Waals surface area (Å²) in [7, 11) is 0. The van der Waals surface area contributed by atoms with Crippen molar-refractivity contribution < 1.29 is 14.6 Å². The van der Waals surface area contributed by atoms with Gasteiger partial charge in [0.25, 0.3) is 0 Å². The first-order valence-electron chi connectivity index (χ1n) is 10.3. The first-order valence-corrected chi connectivity index (χ1v) is 10.3. The summed E-state index contributed by atoms with van der Waals surface area (Å²) in [6.07, 6.45) is 8.82. The number of ether oxygens (including phenoxy) is 1. The van der Waals surface area contributed by atoms with Crippen LogP contribution in [0.1, 0.15) is 69.9 Å². The van der Waals surface area contributed by atoms with Crippen LogP contribution >= 0.6 is 0 Å². The molecule has 0 unspecified atom stereocenters. The highest BCUT2D eigenvalue weighted by molar-refractivity contribution is 5.74. The largest absolute Gasteiger partial charge is 0.511 e. The van der Waals surface area contributed by atoms with Crippen LogP contribution in [0.25, 0.3) is 11.1 Å². The van der Waals surface area contributed by atoms with Crippen molar-refractivity contribution in [2.75, 3.05) is 0 Å². The second kappa shape index (κ2) is 11.4. The van der Waals surface area contributed by atoms with Gasteiger partial charge < -0.3 is 9.84 Å². The van der Waals surface area contributed by atoms with Crippen LogP contribution in [0.15, 0.2) is 42.5 Å². The fourth-order valence-corrected chi connectivity index (χ4v) is 3.54. The van der Waals surface area contributed by atoms with Gasteiger partial charge in [-0.15, -0.1) is 0 Å². The smallest absolute Gasteiger partial charge is 0.449 e. The lowest BCUT2D eigenvalue weighted by Crippen LogP contribution is -2.06. The van der Waals surface area contributed by atoms with Gasteiger partial charge in [0.2, 0.25) is 0 Å². The Morgan fingerprint density at radius 2 is 1.52 bits per heavy atom. The maximum absolute atomic E-state index is 11.2. The molecule has 0 aliphatic carbocycles. The molecule has 146 valence electrons. The van der Waals surface area contributed by atoms with Crippen LogP contribution in [0.4, 0.5) is 4.79 Å². The molecule has 2 aromatic rings. The van der Waals surface area contributed by atoms with E-state index < -0.39 is 6.16 Å². The van der Waals surface area contributed by atoms with Gasteiger partial charge in [0, 0.05) is 5.56 Å². The fourth-order valence-electron chi connectivity index (χ4n) is 3.54. The highest BCUT2D eigenvalue weighted by Gasteiger charge is 2.15. The molecule has 0 saturated carbocycles. The summed E-state index contributed by atoms with van der Waals surface area (Å²) in [5.41, 5.74) is 4.64. The molecule has 0 aromatic heterocycles. The molecule has 2 aromatic carbocycles. The molecule has 3 nitrogen and oxygen atoms in total. The second-order valence-electron chi connectivity index (χ2n) is 7.08. The number of carboxylic acid groups (broad SMARTS) is 1. The molecule has 1 N–H and O–H groups in total. The molecular formula is C24H32O3. The Morgan fingerprint density at radius 3 is 2.26 bits per heavy atom. The van der Waals surface area contributed by atoms with Crippen LogP contribution in [0.2, 0.25) is 0 Å². The molecule has 0 saturated heterocycles. The first-order chi connectivity index (χ1) is 13.2. The molecule has 0 amide bonds. The second-order valence-corrected chi connectivity index (χ2v) is 7.08. The van der Waals surface area contributed by atoms with Crippen LogP contribution < -0.4 is 4.74 Å². The SMILES string of the molecule is CCCCCCCc1c(OC(=O)O)cccc1-c1ccccc1CCCC. The molecule has 3 heteroatoms. The summed E-state index contributed by atoms with van der Waals surface area (Å²) in [5.74, 6) is 0.473. The number of unbranched alkanes of at least 4 members (excludes halogenated alkanes) is 5. The van der Waals surface area contributed by atoms with E-state index in [0.29, 0.717) is 5.75 Å². The van der Waals surface area contributed by atoms with E-state index >= 15 is 0 Å². The van der Waals surface area contributed by atoms with Gasteiger partial charge >= 0.3 is 6.16 Å². The molecule has 0 radical (unpaired) electrons. The minimum atomic E-state index is -1.25. The summed E-state index contributed by atoms with van der Waals surface area (Å²) < 4.78 is 5.12. The average Bonchev–Trinajstić information content (AvgIpc) is 2.67. The van der Waals surface area contributed by atoms with Gasteiger partial charge in [0.05, 0.1) is 0 Å². The van der Waals surface area contributed by atoms with Crippen molar-refractivity contribution >= 4 is 6.16 Å². The molecule has 0 bridgehead atoms. The summed E-state index contributed by atoms with van der Waals surface area (Å²) >= 11 is 0. The lowest BCUT2D eigenvalue weighted by Gasteiger charge is -2.17. The van der Waals surface area contributed by atoms with E-state index in [9.17, 15) is 4.79 Å². The molecule has 2 rings (SSSR count). The Morgan fingerprint density at radius 1 is 0.815 bits per heavy atom. The number of carbonyl (C=O) groups is 1. The van der Waals surface area contributed by atoms with Gasteiger partial charge in [-0.25, -0.2) is 4.79 Å². The number of hydrogen-bond acceptors (Lipinski definition) is 2. The fraction of sp³-hybridized carbons (Fsp3) is 0.458. The predicted octanol–water partition coefficient (Wildman–Crippen LogP) is 7.27. The minimum Gasteiger partial charge on any atom is -0.449 e. The van der Waals surface area contributed by atoms with Gasteiger partial charge in [-0.1, -0.05) is 82.3 Å². The van der Waals surface area contributed by atoms with Crippen LogP contribution in [0.5, 0.6) is 5.75 Å². The molecule has 0 atom stereocenters. The molecule has 27 heavy (non-hydrogen) atoms. The molecule has 0 aliphatic rings. The van der Waals surface area contributed by atoms with Crippen molar-refractivity contribution in [3.05, 3.63) is 53.6 Å². The standard InChI is InChI=1S/C24H32O3/c1-3-5-7-8-9-16-22-21(17-12-18-23(22)27-24(25)26)20-15-11-10-14-19(20)13-6-4-2/h10-12,14-15,17-18H,3-9,13,16H2,1-2H3,(H,25,26). The minimum absolute atomic E-state index is 0.473. The van der Waals surface area contributed by atoms with E-state index in [2.05, 4.69) is 44.2 Å². The number of benzene rings is 2. The molecule has 0 fully saturated rings. The van der Waals surface area contributed by atoms with Crippen molar-refractivity contribution in [3.8, 4) is 16.9 Å². The van der Waals surface area contributed by atoms with Gasteiger partial charge in [-0.05, 0) is 48.4 Å². The Bertz CT molecular complexity index is 721. The zero-order valence-electron chi connectivity index (χ0n) is 16.7. The zero-order chi connectivity index (χ0) is 19.5. The van der Waals surface area contributed by atoms with Crippen LogP contribution in [0.3, 0.4) is 0 Å². The van der Waals surface area contributed by atoms with E-state index in [-0.39, 0.29) is 0 Å². The zero-order valence-corrected chi connectivity index (χ0v) is 16.7. The average molecular weight is 369 g/mol. The van der Waals surface area contributed by atoms with E-state index in [1.165, 1.54) is 30.4 Å². The summed E-state index contributed by atoms with van der Waals surface area (Å²) in [5, 5.41) is 9.14. The Balaban J connectivity index is 2.35. The maximum atomic E-state index is 11.2. The van der Waals surface area contributed by atoms with Crippen molar-refractivity contribution in [2.24, 2.45) is 0 Å². The third-order valence-corrected chi connectivity index (χ3v) is 4.97. The third kappa shape index (κ3) is 6.42. The predicted molar refractivity (Wildman–Crippen MR) is 112 cm³/mol. The van der Waals surface area contributed by atoms with E-state index in [1.807, 2.05) is 6.07 Å². The topological polar surface area (TPSA) is 46.5 Å². The van der Waals surface area contributed by atoms with Gasteiger partial charge in [0.15, 0.2) is 0 Å². The summed E-state index contributed by atoms with van der Waals surface area (Å²) in [6.45, 7) is 4.41. The third-order valence-electron chi connectivity index (χ3n) is 4.97. The maximum Gasteiger partial charge on any atom is 0.511 e. The first kappa shape index (κ1) is 21.0. The van der Waals surface area contributed by atoms with Crippen molar-refractivity contribution in [1.29, 1.82) is 0 Å². The van der Waals surface area contributed by atoms with E-state index in [0.717, 1.165) is 49.7 Å². The van der Waals surface area contributed by atoms with E-state index in [1.54, 1.807) is 6.07 Å². The molecule has 0 spiro atoms. The van der Waals surface area contributed by atoms with Crippen molar-refractivity contribution in [1.82, 2.24) is 0 Å². The van der Waals surface area contributed by atoms with Gasteiger partial charge in [-0.3, -0.25) is 0 Å².